The third-order valence-corrected chi connectivity index (χ3v) is 6.13. The second-order valence-electron chi connectivity index (χ2n) is 4.13. The molecule has 0 N–H and O–H groups in total. The van der Waals surface area contributed by atoms with Gasteiger partial charge in [0, 0.05) is 23.8 Å². The van der Waals surface area contributed by atoms with Crippen LogP contribution in [0.2, 0.25) is 0 Å². The van der Waals surface area contributed by atoms with E-state index in [1.54, 1.807) is 48.7 Å². The molecular formula is C13H14BrNO2S2. The zero-order chi connectivity index (χ0) is 13.9. The predicted molar refractivity (Wildman–Crippen MR) is 82.0 cm³/mol. The monoisotopic (exact) mass is 359 g/mol. The third-order valence-electron chi connectivity index (χ3n) is 2.69. The molecule has 0 amide bonds. The summed E-state index contributed by atoms with van der Waals surface area (Å²) >= 11 is 4.97. The van der Waals surface area contributed by atoms with Crippen LogP contribution in [-0.4, -0.2) is 19.8 Å². The van der Waals surface area contributed by atoms with Crippen molar-refractivity contribution in [1.29, 1.82) is 0 Å². The van der Waals surface area contributed by atoms with Crippen LogP contribution in [0.1, 0.15) is 10.4 Å². The minimum Gasteiger partial charge on any atom is -0.207 e. The number of nitrogens with zero attached hydrogens (tertiary/aromatic N) is 1. The van der Waals surface area contributed by atoms with E-state index in [1.807, 2.05) is 11.4 Å². The first-order valence-corrected chi connectivity index (χ1v) is 9.12. The Kier molecular flexibility index (Phi) is 4.78. The highest BCUT2D eigenvalue weighted by Crippen LogP contribution is 2.21. The highest BCUT2D eigenvalue weighted by Gasteiger charge is 2.20. The van der Waals surface area contributed by atoms with E-state index in [-0.39, 0.29) is 0 Å². The highest BCUT2D eigenvalue weighted by atomic mass is 79.9. The maximum atomic E-state index is 12.3. The van der Waals surface area contributed by atoms with Gasteiger partial charge in [0.1, 0.15) is 0 Å². The van der Waals surface area contributed by atoms with Crippen LogP contribution in [0.5, 0.6) is 0 Å². The van der Waals surface area contributed by atoms with Crippen LogP contribution in [0.25, 0.3) is 0 Å². The van der Waals surface area contributed by atoms with Crippen molar-refractivity contribution in [2.45, 2.75) is 16.8 Å². The minimum atomic E-state index is -3.41. The lowest BCUT2D eigenvalue weighted by Crippen LogP contribution is -2.26. The molecule has 1 aromatic carbocycles. The van der Waals surface area contributed by atoms with Crippen LogP contribution in [-0.2, 0) is 21.9 Å². The Morgan fingerprint density at radius 2 is 1.95 bits per heavy atom. The van der Waals surface area contributed by atoms with E-state index in [4.69, 9.17) is 0 Å². The maximum Gasteiger partial charge on any atom is 0.243 e. The Hall–Kier alpha value is -0.690. The van der Waals surface area contributed by atoms with Crippen molar-refractivity contribution in [2.75, 3.05) is 7.05 Å². The smallest absolute Gasteiger partial charge is 0.207 e. The van der Waals surface area contributed by atoms with Gasteiger partial charge in [-0.1, -0.05) is 34.1 Å². The number of hydrogen-bond donors (Lipinski definition) is 0. The number of thiophene rings is 1. The molecular weight excluding hydrogens is 346 g/mol. The van der Waals surface area contributed by atoms with E-state index < -0.39 is 10.0 Å². The number of alkyl halides is 1. The lowest BCUT2D eigenvalue weighted by Gasteiger charge is -2.16. The summed E-state index contributed by atoms with van der Waals surface area (Å²) in [5, 5.41) is 2.83. The SMILES string of the molecule is CN(Cc1cc(CBr)cs1)S(=O)(=O)c1ccccc1. The van der Waals surface area contributed by atoms with Gasteiger partial charge in [-0.15, -0.1) is 11.3 Å². The van der Waals surface area contributed by atoms with E-state index in [9.17, 15) is 8.42 Å². The Morgan fingerprint density at radius 1 is 1.26 bits per heavy atom. The van der Waals surface area contributed by atoms with Gasteiger partial charge in [-0.05, 0) is 29.1 Å². The first kappa shape index (κ1) is 14.7. The van der Waals surface area contributed by atoms with Gasteiger partial charge in [0.25, 0.3) is 0 Å². The summed E-state index contributed by atoms with van der Waals surface area (Å²) in [5.41, 5.74) is 1.17. The second kappa shape index (κ2) is 6.17. The van der Waals surface area contributed by atoms with E-state index in [2.05, 4.69) is 15.9 Å². The standard InChI is InChI=1S/C13H14BrNO2S2/c1-15(9-12-7-11(8-14)10-18-12)19(16,17)13-5-3-2-4-6-13/h2-7,10H,8-9H2,1H3. The maximum absolute atomic E-state index is 12.3. The molecule has 1 heterocycles. The van der Waals surface area contributed by atoms with Crippen LogP contribution in [0, 0.1) is 0 Å². The number of benzene rings is 1. The van der Waals surface area contributed by atoms with Crippen LogP contribution in [0.3, 0.4) is 0 Å². The van der Waals surface area contributed by atoms with Crippen molar-refractivity contribution < 1.29 is 8.42 Å². The Labute approximate surface area is 126 Å². The zero-order valence-electron chi connectivity index (χ0n) is 10.4. The normalized spacial score (nSPS) is 11.9. The van der Waals surface area contributed by atoms with Gasteiger partial charge < -0.3 is 0 Å². The molecule has 0 fully saturated rings. The van der Waals surface area contributed by atoms with Gasteiger partial charge in [-0.3, -0.25) is 0 Å². The zero-order valence-corrected chi connectivity index (χ0v) is 13.6. The van der Waals surface area contributed by atoms with Gasteiger partial charge in [-0.25, -0.2) is 8.42 Å². The Morgan fingerprint density at radius 3 is 2.53 bits per heavy atom. The van der Waals surface area contributed by atoms with Crippen LogP contribution in [0.4, 0.5) is 0 Å². The van der Waals surface area contributed by atoms with Crippen molar-refractivity contribution in [1.82, 2.24) is 4.31 Å². The molecule has 3 nitrogen and oxygen atoms in total. The quantitative estimate of drug-likeness (QED) is 0.766. The molecule has 6 heteroatoms. The van der Waals surface area contributed by atoms with Crippen molar-refractivity contribution in [3.63, 3.8) is 0 Å². The minimum absolute atomic E-state index is 0.328. The average molecular weight is 360 g/mol. The summed E-state index contributed by atoms with van der Waals surface area (Å²) in [6, 6.07) is 10.5. The van der Waals surface area contributed by atoms with Crippen LogP contribution < -0.4 is 0 Å². The van der Waals surface area contributed by atoms with E-state index in [0.717, 1.165) is 10.2 Å². The molecule has 0 aliphatic heterocycles. The second-order valence-corrected chi connectivity index (χ2v) is 7.73. The fraction of sp³-hybridized carbons (Fsp3) is 0.231. The van der Waals surface area contributed by atoms with Crippen LogP contribution in [0.15, 0.2) is 46.7 Å². The highest BCUT2D eigenvalue weighted by molar-refractivity contribution is 9.08. The first-order valence-electron chi connectivity index (χ1n) is 5.67. The molecule has 0 saturated heterocycles. The summed E-state index contributed by atoms with van der Waals surface area (Å²) in [7, 11) is -1.80. The molecule has 0 spiro atoms. The number of sulfonamides is 1. The average Bonchev–Trinajstić information content (AvgIpc) is 2.87. The van der Waals surface area contributed by atoms with E-state index in [0.29, 0.717) is 11.4 Å². The van der Waals surface area contributed by atoms with E-state index in [1.165, 1.54) is 9.87 Å². The molecule has 19 heavy (non-hydrogen) atoms. The number of hydrogen-bond acceptors (Lipinski definition) is 3. The van der Waals surface area contributed by atoms with Gasteiger partial charge in [0.15, 0.2) is 0 Å². The van der Waals surface area contributed by atoms with Crippen molar-refractivity contribution >= 4 is 37.3 Å². The topological polar surface area (TPSA) is 37.4 Å². The fourth-order valence-electron chi connectivity index (χ4n) is 1.66. The summed E-state index contributed by atoms with van der Waals surface area (Å²) in [6.07, 6.45) is 0. The van der Waals surface area contributed by atoms with Crippen molar-refractivity contribution in [3.05, 3.63) is 52.2 Å². The number of rotatable bonds is 5. The van der Waals surface area contributed by atoms with Gasteiger partial charge in [-0.2, -0.15) is 4.31 Å². The largest absolute Gasteiger partial charge is 0.243 e. The predicted octanol–water partition coefficient (Wildman–Crippen LogP) is 3.46. The molecule has 0 atom stereocenters. The molecule has 0 bridgehead atoms. The number of halogens is 1. The molecule has 1 aromatic heterocycles. The van der Waals surface area contributed by atoms with Crippen molar-refractivity contribution in [3.8, 4) is 0 Å². The third kappa shape index (κ3) is 3.45. The van der Waals surface area contributed by atoms with Crippen LogP contribution >= 0.6 is 27.3 Å². The van der Waals surface area contributed by atoms with Gasteiger partial charge >= 0.3 is 0 Å². The lowest BCUT2D eigenvalue weighted by molar-refractivity contribution is 0.469. The molecule has 0 aliphatic rings. The molecule has 0 saturated carbocycles. The van der Waals surface area contributed by atoms with Gasteiger partial charge in [0.05, 0.1) is 4.90 Å². The summed E-state index contributed by atoms with van der Waals surface area (Å²) in [5.74, 6) is 0. The molecule has 0 radical (unpaired) electrons. The molecule has 2 aromatic rings. The molecule has 2 rings (SSSR count). The van der Waals surface area contributed by atoms with Crippen molar-refractivity contribution in [2.24, 2.45) is 0 Å². The molecule has 0 aliphatic carbocycles. The fourth-order valence-corrected chi connectivity index (χ4v) is 4.39. The lowest BCUT2D eigenvalue weighted by atomic mass is 10.3. The molecule has 102 valence electrons. The Bertz CT molecular complexity index is 638. The molecule has 0 unspecified atom stereocenters. The summed E-state index contributed by atoms with van der Waals surface area (Å²) < 4.78 is 26.0. The van der Waals surface area contributed by atoms with Gasteiger partial charge in [0.2, 0.25) is 10.0 Å². The first-order chi connectivity index (χ1) is 9.04. The van der Waals surface area contributed by atoms with E-state index >= 15 is 0 Å². The Balaban J connectivity index is 2.17. The summed E-state index contributed by atoms with van der Waals surface area (Å²) in [6.45, 7) is 0.398. The summed E-state index contributed by atoms with van der Waals surface area (Å²) in [4.78, 5) is 1.37.